The number of fused-ring (bicyclic) bond motifs is 1. The zero-order valence-electron chi connectivity index (χ0n) is 11.9. The molecule has 2 heterocycles. The Hall–Kier alpha value is -1.85. The lowest BCUT2D eigenvalue weighted by Crippen LogP contribution is -2.41. The maximum Gasteiger partial charge on any atom is 0.256 e. The molecule has 2 N–H and O–H groups in total. The van der Waals surface area contributed by atoms with Gasteiger partial charge in [-0.05, 0) is 18.9 Å². The van der Waals surface area contributed by atoms with Crippen LogP contribution in [0.25, 0.3) is 10.9 Å². The summed E-state index contributed by atoms with van der Waals surface area (Å²) in [5, 5.41) is 9.74. The lowest BCUT2D eigenvalue weighted by Gasteiger charge is -2.31. The molecule has 0 saturated carbocycles. The molecule has 112 valence electrons. The van der Waals surface area contributed by atoms with Gasteiger partial charge in [-0.2, -0.15) is 0 Å². The van der Waals surface area contributed by atoms with Crippen LogP contribution in [0.2, 0.25) is 0 Å². The fraction of sp³-hybridized carbons (Fsp3) is 0.438. The molecule has 5 heteroatoms. The maximum atomic E-state index is 12.6. The molecule has 2 aromatic rings. The van der Waals surface area contributed by atoms with Crippen LogP contribution in [0.1, 0.15) is 23.2 Å². The SMILES string of the molecule is O=C(c1c[nH]c2ccccc12)N1CCC(OCCO)CC1. The number of aromatic nitrogens is 1. The Morgan fingerprint density at radius 3 is 2.86 bits per heavy atom. The molecule has 1 aromatic heterocycles. The van der Waals surface area contributed by atoms with Crippen LogP contribution in [0.15, 0.2) is 30.5 Å². The second-order valence-electron chi connectivity index (χ2n) is 5.33. The van der Waals surface area contributed by atoms with Gasteiger partial charge in [-0.3, -0.25) is 4.79 Å². The molecule has 0 aliphatic carbocycles. The monoisotopic (exact) mass is 288 g/mol. The van der Waals surface area contributed by atoms with E-state index in [0.29, 0.717) is 19.7 Å². The number of amides is 1. The largest absolute Gasteiger partial charge is 0.394 e. The minimum Gasteiger partial charge on any atom is -0.394 e. The third kappa shape index (κ3) is 2.94. The number of carbonyl (C=O) groups is 1. The smallest absolute Gasteiger partial charge is 0.256 e. The van der Waals surface area contributed by atoms with Crippen LogP contribution in [0.4, 0.5) is 0 Å². The Morgan fingerprint density at radius 1 is 1.33 bits per heavy atom. The highest BCUT2D eigenvalue weighted by atomic mass is 16.5. The quantitative estimate of drug-likeness (QED) is 0.901. The van der Waals surface area contributed by atoms with E-state index >= 15 is 0 Å². The number of ether oxygens (including phenoxy) is 1. The zero-order chi connectivity index (χ0) is 14.7. The van der Waals surface area contributed by atoms with Gasteiger partial charge in [0.05, 0.1) is 24.9 Å². The number of hydrogen-bond acceptors (Lipinski definition) is 3. The molecule has 3 rings (SSSR count). The molecule has 21 heavy (non-hydrogen) atoms. The van der Waals surface area contributed by atoms with E-state index in [0.717, 1.165) is 29.3 Å². The van der Waals surface area contributed by atoms with Gasteiger partial charge in [0.1, 0.15) is 0 Å². The number of nitrogens with zero attached hydrogens (tertiary/aromatic N) is 1. The van der Waals surface area contributed by atoms with Gasteiger partial charge < -0.3 is 19.7 Å². The Balaban J connectivity index is 1.67. The van der Waals surface area contributed by atoms with Crippen molar-refractivity contribution in [1.82, 2.24) is 9.88 Å². The van der Waals surface area contributed by atoms with E-state index in [1.165, 1.54) is 0 Å². The molecule has 0 spiro atoms. The van der Waals surface area contributed by atoms with Crippen molar-refractivity contribution in [3.05, 3.63) is 36.0 Å². The fourth-order valence-electron chi connectivity index (χ4n) is 2.86. The van der Waals surface area contributed by atoms with Gasteiger partial charge in [-0.1, -0.05) is 18.2 Å². The van der Waals surface area contributed by atoms with E-state index in [1.807, 2.05) is 29.2 Å². The standard InChI is InChI=1S/C16H20N2O3/c19-9-10-21-12-5-7-18(8-6-12)16(20)14-11-17-15-4-2-1-3-13(14)15/h1-4,11-12,17,19H,5-10H2. The van der Waals surface area contributed by atoms with Crippen LogP contribution in [0.5, 0.6) is 0 Å². The Kier molecular flexibility index (Phi) is 4.22. The molecule has 0 atom stereocenters. The molecule has 1 amide bonds. The van der Waals surface area contributed by atoms with Crippen molar-refractivity contribution < 1.29 is 14.6 Å². The van der Waals surface area contributed by atoms with Crippen molar-refractivity contribution in [3.8, 4) is 0 Å². The van der Waals surface area contributed by atoms with Crippen LogP contribution < -0.4 is 0 Å². The predicted molar refractivity (Wildman–Crippen MR) is 80.3 cm³/mol. The summed E-state index contributed by atoms with van der Waals surface area (Å²) >= 11 is 0. The number of aliphatic hydroxyl groups excluding tert-OH is 1. The fourth-order valence-corrected chi connectivity index (χ4v) is 2.86. The lowest BCUT2D eigenvalue weighted by molar-refractivity contribution is -0.00550. The first-order valence-electron chi connectivity index (χ1n) is 7.37. The number of aromatic amines is 1. The van der Waals surface area contributed by atoms with Crippen LogP contribution in [-0.2, 0) is 4.74 Å². The summed E-state index contributed by atoms with van der Waals surface area (Å²) in [4.78, 5) is 17.6. The predicted octanol–water partition coefficient (Wildman–Crippen LogP) is 1.78. The Morgan fingerprint density at radius 2 is 2.10 bits per heavy atom. The lowest BCUT2D eigenvalue weighted by atomic mass is 10.1. The van der Waals surface area contributed by atoms with E-state index in [-0.39, 0.29) is 18.6 Å². The van der Waals surface area contributed by atoms with Gasteiger partial charge in [0.2, 0.25) is 0 Å². The third-order valence-corrected chi connectivity index (χ3v) is 3.99. The van der Waals surface area contributed by atoms with Gasteiger partial charge >= 0.3 is 0 Å². The van der Waals surface area contributed by atoms with Crippen LogP contribution in [0, 0.1) is 0 Å². The minimum absolute atomic E-state index is 0.0501. The molecule has 0 radical (unpaired) electrons. The maximum absolute atomic E-state index is 12.6. The molecule has 0 bridgehead atoms. The number of benzene rings is 1. The minimum atomic E-state index is 0.0501. The van der Waals surface area contributed by atoms with Crippen molar-refractivity contribution in [1.29, 1.82) is 0 Å². The highest BCUT2D eigenvalue weighted by Crippen LogP contribution is 2.22. The number of rotatable bonds is 4. The number of H-pyrrole nitrogens is 1. The van der Waals surface area contributed by atoms with Crippen LogP contribution in [0.3, 0.4) is 0 Å². The van der Waals surface area contributed by atoms with E-state index in [9.17, 15) is 4.79 Å². The van der Waals surface area contributed by atoms with Crippen molar-refractivity contribution in [2.75, 3.05) is 26.3 Å². The molecule has 1 fully saturated rings. The third-order valence-electron chi connectivity index (χ3n) is 3.99. The summed E-state index contributed by atoms with van der Waals surface area (Å²) < 4.78 is 5.53. The molecule has 0 unspecified atom stereocenters. The molecular formula is C16H20N2O3. The Bertz CT molecular complexity index is 615. The van der Waals surface area contributed by atoms with Crippen LogP contribution in [-0.4, -0.2) is 53.3 Å². The second kappa shape index (κ2) is 6.28. The number of aliphatic hydroxyl groups is 1. The van der Waals surface area contributed by atoms with Gasteiger partial charge in [0.15, 0.2) is 0 Å². The molecule has 5 nitrogen and oxygen atoms in total. The molecule has 1 saturated heterocycles. The number of hydrogen-bond donors (Lipinski definition) is 2. The topological polar surface area (TPSA) is 65.6 Å². The molecule has 1 aromatic carbocycles. The summed E-state index contributed by atoms with van der Waals surface area (Å²) in [6.45, 7) is 1.83. The van der Waals surface area contributed by atoms with Gasteiger partial charge in [0, 0.05) is 30.2 Å². The van der Waals surface area contributed by atoms with E-state index < -0.39 is 0 Å². The normalized spacial score (nSPS) is 16.5. The Labute approximate surface area is 123 Å². The average molecular weight is 288 g/mol. The zero-order valence-corrected chi connectivity index (χ0v) is 11.9. The highest BCUT2D eigenvalue weighted by molar-refractivity contribution is 6.06. The number of piperidine rings is 1. The van der Waals surface area contributed by atoms with Gasteiger partial charge in [0.25, 0.3) is 5.91 Å². The summed E-state index contributed by atoms with van der Waals surface area (Å²) in [6, 6.07) is 7.84. The van der Waals surface area contributed by atoms with Gasteiger partial charge in [-0.15, -0.1) is 0 Å². The van der Waals surface area contributed by atoms with E-state index in [1.54, 1.807) is 6.20 Å². The first-order valence-corrected chi connectivity index (χ1v) is 7.37. The second-order valence-corrected chi connectivity index (χ2v) is 5.33. The van der Waals surface area contributed by atoms with Crippen molar-refractivity contribution in [2.24, 2.45) is 0 Å². The highest BCUT2D eigenvalue weighted by Gasteiger charge is 2.25. The van der Waals surface area contributed by atoms with Gasteiger partial charge in [-0.25, -0.2) is 0 Å². The molecule has 1 aliphatic heterocycles. The molecule has 1 aliphatic rings. The summed E-state index contributed by atoms with van der Waals surface area (Å²) in [5.41, 5.74) is 1.72. The summed E-state index contributed by atoms with van der Waals surface area (Å²) in [7, 11) is 0. The van der Waals surface area contributed by atoms with Crippen molar-refractivity contribution in [2.45, 2.75) is 18.9 Å². The average Bonchev–Trinajstić information content (AvgIpc) is 2.97. The number of para-hydroxylation sites is 1. The van der Waals surface area contributed by atoms with E-state index in [2.05, 4.69) is 4.98 Å². The number of carbonyl (C=O) groups excluding carboxylic acids is 1. The van der Waals surface area contributed by atoms with Crippen molar-refractivity contribution in [3.63, 3.8) is 0 Å². The first kappa shape index (κ1) is 14.1. The molecular weight excluding hydrogens is 268 g/mol. The summed E-state index contributed by atoms with van der Waals surface area (Å²) in [6.07, 6.45) is 3.60. The summed E-state index contributed by atoms with van der Waals surface area (Å²) in [5.74, 6) is 0.0769. The van der Waals surface area contributed by atoms with Crippen molar-refractivity contribution >= 4 is 16.8 Å². The van der Waals surface area contributed by atoms with E-state index in [4.69, 9.17) is 9.84 Å². The van der Waals surface area contributed by atoms with Crippen LogP contribution >= 0.6 is 0 Å². The number of nitrogens with one attached hydrogen (secondary N) is 1. The number of likely N-dealkylation sites (tertiary alicyclic amines) is 1. The first-order chi connectivity index (χ1) is 10.3.